The summed E-state index contributed by atoms with van der Waals surface area (Å²) >= 11 is 4.42. The number of nitrogens with one attached hydrogen (secondary N) is 1. The normalized spacial score (nSPS) is 19.4. The average molecular weight is 516 g/mol. The van der Waals surface area contributed by atoms with Gasteiger partial charge in [-0.2, -0.15) is 52.7 Å². The van der Waals surface area contributed by atoms with Crippen LogP contribution in [0.15, 0.2) is 28.0 Å². The fraction of sp³-hybridized carbons (Fsp3) is 0.385. The average Bonchev–Trinajstić information content (AvgIpc) is 2.94. The Kier molecular flexibility index (Phi) is 6.21. The molecule has 0 radical (unpaired) electrons. The highest BCUT2D eigenvalue weighted by Gasteiger charge is 2.77. The van der Waals surface area contributed by atoms with E-state index in [1.54, 1.807) is 5.32 Å². The number of pyridine rings is 1. The number of aliphatic imine (C=N–C) groups is 1. The molecule has 0 aliphatic carbocycles. The van der Waals surface area contributed by atoms with E-state index >= 15 is 0 Å². The fourth-order valence-electron chi connectivity index (χ4n) is 2.11. The second kappa shape index (κ2) is 7.60. The molecular weight excluding hydrogens is 513 g/mol. The van der Waals surface area contributed by atoms with Crippen molar-refractivity contribution < 1.29 is 57.1 Å². The first-order chi connectivity index (χ1) is 13.7. The SMILES string of the molecule is F/C(=C1/SC(Nc2ncc(C(F)(F)F)cc2Cl)=NC1(C(F)(F)F)C(F)(F)F)C(F)(F)F. The summed E-state index contributed by atoms with van der Waals surface area (Å²) in [7, 11) is 0. The summed E-state index contributed by atoms with van der Waals surface area (Å²) in [6, 6.07) is 0.185. The molecule has 0 fully saturated rings. The fourth-order valence-corrected chi connectivity index (χ4v) is 3.48. The molecule has 0 atom stereocenters. The van der Waals surface area contributed by atoms with Crippen LogP contribution in [0.25, 0.3) is 0 Å². The summed E-state index contributed by atoms with van der Waals surface area (Å²) in [5.74, 6) is -4.69. The third-order valence-electron chi connectivity index (χ3n) is 3.46. The van der Waals surface area contributed by atoms with E-state index in [1.807, 2.05) is 0 Å². The number of amidine groups is 1. The second-order valence-corrected chi connectivity index (χ2v) is 6.95. The Balaban J connectivity index is 2.64. The molecule has 0 spiro atoms. The van der Waals surface area contributed by atoms with Crippen LogP contribution in [0.4, 0.5) is 62.9 Å². The molecule has 2 heterocycles. The van der Waals surface area contributed by atoms with E-state index < -0.39 is 74.3 Å². The zero-order valence-electron chi connectivity index (χ0n) is 13.7. The molecule has 1 aliphatic heterocycles. The molecule has 0 saturated heterocycles. The van der Waals surface area contributed by atoms with Crippen LogP contribution >= 0.6 is 23.4 Å². The van der Waals surface area contributed by atoms with Gasteiger partial charge in [0, 0.05) is 6.20 Å². The summed E-state index contributed by atoms with van der Waals surface area (Å²) in [5.41, 5.74) is -7.09. The molecule has 18 heteroatoms. The molecule has 0 unspecified atom stereocenters. The number of allylic oxidation sites excluding steroid dienone is 1. The smallest absolute Gasteiger partial charge is 0.318 e. The molecule has 0 amide bonds. The minimum Gasteiger partial charge on any atom is -0.318 e. The van der Waals surface area contributed by atoms with Crippen molar-refractivity contribution in [3.63, 3.8) is 0 Å². The predicted octanol–water partition coefficient (Wildman–Crippen LogP) is 6.88. The number of hydrogen-bond donors (Lipinski definition) is 1. The van der Waals surface area contributed by atoms with E-state index in [1.165, 1.54) is 0 Å². The predicted molar refractivity (Wildman–Crippen MR) is 81.9 cm³/mol. The lowest BCUT2D eigenvalue weighted by atomic mass is 9.97. The van der Waals surface area contributed by atoms with Crippen LogP contribution < -0.4 is 5.32 Å². The minimum atomic E-state index is -6.59. The van der Waals surface area contributed by atoms with E-state index in [2.05, 4.69) is 9.98 Å². The van der Waals surface area contributed by atoms with Crippen molar-refractivity contribution in [2.45, 2.75) is 30.2 Å². The molecule has 2 rings (SSSR count). The summed E-state index contributed by atoms with van der Waals surface area (Å²) in [6.07, 6.45) is -24.3. The number of halogens is 14. The number of aromatic nitrogens is 1. The van der Waals surface area contributed by atoms with Crippen LogP contribution in [0.3, 0.4) is 0 Å². The zero-order valence-corrected chi connectivity index (χ0v) is 15.3. The molecule has 1 aromatic heterocycles. The maximum Gasteiger partial charge on any atom is 0.443 e. The van der Waals surface area contributed by atoms with Crippen LogP contribution in [0.2, 0.25) is 5.02 Å². The Bertz CT molecular complexity index is 913. The Morgan fingerprint density at radius 2 is 1.45 bits per heavy atom. The van der Waals surface area contributed by atoms with Gasteiger partial charge in [0.25, 0.3) is 5.54 Å². The first-order valence-electron chi connectivity index (χ1n) is 7.10. The Hall–Kier alpha value is -1.91. The van der Waals surface area contributed by atoms with Crippen molar-refractivity contribution >= 4 is 34.3 Å². The van der Waals surface area contributed by atoms with E-state index in [0.29, 0.717) is 0 Å². The van der Waals surface area contributed by atoms with E-state index in [0.717, 1.165) is 0 Å². The van der Waals surface area contributed by atoms with Crippen molar-refractivity contribution in [1.82, 2.24) is 4.98 Å². The van der Waals surface area contributed by atoms with Crippen LogP contribution in [0.5, 0.6) is 0 Å². The quantitative estimate of drug-likeness (QED) is 0.415. The Morgan fingerprint density at radius 1 is 0.935 bits per heavy atom. The minimum absolute atomic E-state index is 0.0855. The molecule has 1 aromatic rings. The van der Waals surface area contributed by atoms with Gasteiger partial charge in [0.2, 0.25) is 5.83 Å². The van der Waals surface area contributed by atoms with Gasteiger partial charge in [-0.3, -0.25) is 0 Å². The third-order valence-corrected chi connectivity index (χ3v) is 4.81. The zero-order chi connectivity index (χ0) is 24.2. The van der Waals surface area contributed by atoms with E-state index in [9.17, 15) is 57.1 Å². The van der Waals surface area contributed by atoms with Crippen molar-refractivity contribution in [3.8, 4) is 0 Å². The number of anilines is 1. The van der Waals surface area contributed by atoms with Gasteiger partial charge in [-0.1, -0.05) is 23.4 Å². The van der Waals surface area contributed by atoms with Crippen molar-refractivity contribution in [1.29, 1.82) is 0 Å². The molecule has 1 N–H and O–H groups in total. The van der Waals surface area contributed by atoms with Gasteiger partial charge in [0.1, 0.15) is 0 Å². The van der Waals surface area contributed by atoms with Gasteiger partial charge in [0.15, 0.2) is 11.0 Å². The molecule has 174 valence electrons. The van der Waals surface area contributed by atoms with Crippen LogP contribution in [0.1, 0.15) is 5.56 Å². The summed E-state index contributed by atoms with van der Waals surface area (Å²) in [5, 5.41) is -1.02. The van der Waals surface area contributed by atoms with Gasteiger partial charge in [-0.05, 0) is 6.07 Å². The maximum atomic E-state index is 13.6. The second-order valence-electron chi connectivity index (χ2n) is 5.54. The molecular formula is C13H3ClF13N3S. The van der Waals surface area contributed by atoms with E-state index in [4.69, 9.17) is 11.6 Å². The van der Waals surface area contributed by atoms with Gasteiger partial charge < -0.3 is 5.32 Å². The number of hydrogen-bond acceptors (Lipinski definition) is 4. The standard InChI is InChI=1S/C13H3ClF13N3S/c14-4-1-3(10(16,17)18)2-28-7(4)29-8-30-9(12(22,23)24,13(25,26)27)6(31-8)5(15)11(19,20)21/h1-2H,(H,28,29,30)/b6-5+. The molecule has 1 aliphatic rings. The Labute approximate surface area is 171 Å². The number of alkyl halides is 12. The highest BCUT2D eigenvalue weighted by molar-refractivity contribution is 8.17. The lowest BCUT2D eigenvalue weighted by molar-refractivity contribution is -0.280. The first kappa shape index (κ1) is 25.4. The first-order valence-corrected chi connectivity index (χ1v) is 8.29. The molecule has 3 nitrogen and oxygen atoms in total. The highest BCUT2D eigenvalue weighted by atomic mass is 35.5. The molecule has 0 bridgehead atoms. The monoisotopic (exact) mass is 515 g/mol. The Morgan fingerprint density at radius 3 is 1.84 bits per heavy atom. The third kappa shape index (κ3) is 4.65. The van der Waals surface area contributed by atoms with E-state index in [-0.39, 0.29) is 12.3 Å². The van der Waals surface area contributed by atoms with Gasteiger partial charge in [-0.25, -0.2) is 14.4 Å². The van der Waals surface area contributed by atoms with Gasteiger partial charge >= 0.3 is 24.7 Å². The lowest BCUT2D eigenvalue weighted by Crippen LogP contribution is -2.55. The van der Waals surface area contributed by atoms with Crippen molar-refractivity contribution in [2.75, 3.05) is 5.32 Å². The lowest BCUT2D eigenvalue weighted by Gasteiger charge is -2.31. The summed E-state index contributed by atoms with van der Waals surface area (Å²) < 4.78 is 169. The molecule has 31 heavy (non-hydrogen) atoms. The summed E-state index contributed by atoms with van der Waals surface area (Å²) in [4.78, 5) is 2.35. The summed E-state index contributed by atoms with van der Waals surface area (Å²) in [6.45, 7) is 0. The molecule has 0 saturated carbocycles. The maximum absolute atomic E-state index is 13.6. The van der Waals surface area contributed by atoms with Crippen LogP contribution in [-0.2, 0) is 6.18 Å². The van der Waals surface area contributed by atoms with Crippen LogP contribution in [0, 0.1) is 0 Å². The largest absolute Gasteiger partial charge is 0.443 e. The number of thioether (sulfide) groups is 1. The highest BCUT2D eigenvalue weighted by Crippen LogP contribution is 2.59. The van der Waals surface area contributed by atoms with Crippen molar-refractivity contribution in [3.05, 3.63) is 33.6 Å². The molecule has 0 aromatic carbocycles. The van der Waals surface area contributed by atoms with Gasteiger partial charge in [-0.15, -0.1) is 0 Å². The number of nitrogens with zero attached hydrogens (tertiary/aromatic N) is 2. The topological polar surface area (TPSA) is 37.3 Å². The number of rotatable bonds is 1. The van der Waals surface area contributed by atoms with Gasteiger partial charge in [0.05, 0.1) is 15.5 Å². The van der Waals surface area contributed by atoms with Crippen LogP contribution in [-0.4, -0.2) is 34.2 Å². The van der Waals surface area contributed by atoms with Crippen molar-refractivity contribution in [2.24, 2.45) is 4.99 Å².